The number of hydrogen-bond donors (Lipinski definition) is 0. The fraction of sp³-hybridized carbons (Fsp3) is 0.471. The molecule has 2 fully saturated rings. The maximum atomic E-state index is 12.4. The minimum absolute atomic E-state index is 0.0183. The lowest BCUT2D eigenvalue weighted by Gasteiger charge is -2.31. The number of likely N-dealkylation sites (tertiary alicyclic amines) is 1. The zero-order valence-electron chi connectivity index (χ0n) is 13.3. The van der Waals surface area contributed by atoms with Crippen LogP contribution >= 0.6 is 11.8 Å². The lowest BCUT2D eigenvalue weighted by molar-refractivity contribution is -0.132. The normalized spacial score (nSPS) is 19.4. The predicted molar refractivity (Wildman–Crippen MR) is 92.0 cm³/mol. The molecule has 1 aromatic carbocycles. The van der Waals surface area contributed by atoms with Crippen LogP contribution in [0.5, 0.6) is 0 Å². The first-order valence-electron chi connectivity index (χ1n) is 8.25. The Labute approximate surface area is 144 Å². The molecule has 2 aliphatic rings. The third kappa shape index (κ3) is 3.00. The van der Waals surface area contributed by atoms with Crippen molar-refractivity contribution in [2.24, 2.45) is 0 Å². The van der Waals surface area contributed by atoms with Crippen LogP contribution in [-0.4, -0.2) is 57.9 Å². The average Bonchev–Trinajstić information content (AvgIpc) is 3.21. The van der Waals surface area contributed by atoms with Gasteiger partial charge in [0.05, 0.1) is 0 Å². The van der Waals surface area contributed by atoms with Crippen LogP contribution in [0.3, 0.4) is 0 Å². The van der Waals surface area contributed by atoms with Crippen LogP contribution in [0.1, 0.15) is 24.7 Å². The predicted octanol–water partition coefficient (Wildman–Crippen LogP) is 2.70. The molecule has 0 atom stereocenters. The molecule has 2 aromatic rings. The molecule has 0 N–H and O–H groups in total. The highest BCUT2D eigenvalue weighted by Gasteiger charge is 2.30. The number of piperidine rings is 1. The summed E-state index contributed by atoms with van der Waals surface area (Å²) in [5.41, 5.74) is 1.70. The summed E-state index contributed by atoms with van der Waals surface area (Å²) in [4.78, 5) is 32.0. The first-order valence-corrected chi connectivity index (χ1v) is 9.24. The van der Waals surface area contributed by atoms with Gasteiger partial charge < -0.3 is 14.2 Å². The third-order valence-electron chi connectivity index (χ3n) is 4.68. The molecular formula is C17H19N3O3S. The van der Waals surface area contributed by atoms with Crippen molar-refractivity contribution in [1.82, 2.24) is 14.8 Å². The van der Waals surface area contributed by atoms with E-state index in [0.29, 0.717) is 19.6 Å². The molecule has 6 nitrogen and oxygen atoms in total. The third-order valence-corrected chi connectivity index (χ3v) is 5.57. The Balaban J connectivity index is 1.36. The van der Waals surface area contributed by atoms with Crippen molar-refractivity contribution in [3.8, 4) is 0 Å². The van der Waals surface area contributed by atoms with Crippen LogP contribution in [0.4, 0.5) is 4.79 Å². The molecule has 1 aromatic heterocycles. The number of amides is 2. The number of para-hydroxylation sites is 2. The van der Waals surface area contributed by atoms with Gasteiger partial charge in [-0.2, -0.15) is 0 Å². The van der Waals surface area contributed by atoms with Crippen molar-refractivity contribution < 1.29 is 14.0 Å². The smallest absolute Gasteiger partial charge is 0.282 e. The average molecular weight is 345 g/mol. The molecule has 2 aliphatic heterocycles. The molecule has 0 aliphatic carbocycles. The first kappa shape index (κ1) is 15.5. The quantitative estimate of drug-likeness (QED) is 0.856. The topological polar surface area (TPSA) is 66.7 Å². The second-order valence-electron chi connectivity index (χ2n) is 6.21. The largest absolute Gasteiger partial charge is 0.440 e. The molecule has 0 bridgehead atoms. The van der Waals surface area contributed by atoms with Gasteiger partial charge in [0.2, 0.25) is 5.91 Å². The Kier molecular flexibility index (Phi) is 4.18. The van der Waals surface area contributed by atoms with E-state index in [1.807, 2.05) is 29.2 Å². The summed E-state index contributed by atoms with van der Waals surface area (Å²) in [6.07, 6.45) is 1.70. The van der Waals surface area contributed by atoms with Crippen molar-refractivity contribution >= 4 is 34.0 Å². The number of carbonyl (C=O) groups excluding carboxylic acids is 2. The maximum absolute atomic E-state index is 12.4. The molecule has 0 radical (unpaired) electrons. The minimum Gasteiger partial charge on any atom is -0.440 e. The number of thioether (sulfide) groups is 1. The van der Waals surface area contributed by atoms with Gasteiger partial charge in [-0.3, -0.25) is 9.59 Å². The zero-order valence-corrected chi connectivity index (χ0v) is 14.1. The Bertz CT molecular complexity index is 734. The summed E-state index contributed by atoms with van der Waals surface area (Å²) in [5.74, 6) is 1.85. The van der Waals surface area contributed by atoms with Gasteiger partial charge in [-0.05, 0) is 25.0 Å². The molecule has 3 heterocycles. The molecule has 0 unspecified atom stereocenters. The molecule has 126 valence electrons. The van der Waals surface area contributed by atoms with E-state index in [2.05, 4.69) is 4.98 Å². The number of nitrogens with zero attached hydrogens (tertiary/aromatic N) is 3. The number of fused-ring (bicyclic) bond motifs is 1. The summed E-state index contributed by atoms with van der Waals surface area (Å²) in [6.45, 7) is 2.27. The van der Waals surface area contributed by atoms with Crippen LogP contribution in [-0.2, 0) is 4.79 Å². The van der Waals surface area contributed by atoms with Crippen LogP contribution < -0.4 is 0 Å². The standard InChI is InChI=1S/C17H19N3O3S/c21-15(11-20-9-10-24-17(20)22)19-7-5-12(6-8-19)16-18-13-3-1-2-4-14(13)23-16/h1-4,12H,5-11H2. The molecular weight excluding hydrogens is 326 g/mol. The summed E-state index contributed by atoms with van der Waals surface area (Å²) < 4.78 is 5.85. The Morgan fingerprint density at radius 1 is 1.25 bits per heavy atom. The number of benzene rings is 1. The highest BCUT2D eigenvalue weighted by atomic mass is 32.2. The van der Waals surface area contributed by atoms with Crippen LogP contribution in [0, 0.1) is 0 Å². The van der Waals surface area contributed by atoms with Crippen molar-refractivity contribution in [2.45, 2.75) is 18.8 Å². The van der Waals surface area contributed by atoms with Crippen molar-refractivity contribution in [3.63, 3.8) is 0 Å². The van der Waals surface area contributed by atoms with E-state index >= 15 is 0 Å². The summed E-state index contributed by atoms with van der Waals surface area (Å²) in [5, 5.41) is 0.0183. The van der Waals surface area contributed by atoms with Crippen molar-refractivity contribution in [1.29, 1.82) is 0 Å². The van der Waals surface area contributed by atoms with Crippen LogP contribution in [0.15, 0.2) is 28.7 Å². The van der Waals surface area contributed by atoms with Gasteiger partial charge in [-0.25, -0.2) is 4.98 Å². The van der Waals surface area contributed by atoms with Crippen molar-refractivity contribution in [3.05, 3.63) is 30.2 Å². The van der Waals surface area contributed by atoms with Gasteiger partial charge >= 0.3 is 0 Å². The molecule has 7 heteroatoms. The number of carbonyl (C=O) groups is 2. The van der Waals surface area contributed by atoms with Crippen molar-refractivity contribution in [2.75, 3.05) is 31.9 Å². The summed E-state index contributed by atoms with van der Waals surface area (Å²) >= 11 is 1.29. The van der Waals surface area contributed by atoms with E-state index in [1.165, 1.54) is 11.8 Å². The minimum atomic E-state index is 0.0183. The van der Waals surface area contributed by atoms with E-state index < -0.39 is 0 Å². The Morgan fingerprint density at radius 3 is 2.75 bits per heavy atom. The maximum Gasteiger partial charge on any atom is 0.282 e. The molecule has 2 amide bonds. The fourth-order valence-corrected chi connectivity index (χ4v) is 4.10. The number of oxazole rings is 1. The SMILES string of the molecule is O=C(CN1CCSC1=O)N1CCC(c2nc3ccccc3o2)CC1. The van der Waals surface area contributed by atoms with Gasteiger partial charge in [0, 0.05) is 31.3 Å². The second-order valence-corrected chi connectivity index (χ2v) is 7.26. The van der Waals surface area contributed by atoms with Gasteiger partial charge in [-0.15, -0.1) is 0 Å². The highest BCUT2D eigenvalue weighted by molar-refractivity contribution is 8.13. The van der Waals surface area contributed by atoms with Crippen LogP contribution in [0.25, 0.3) is 11.1 Å². The Morgan fingerprint density at radius 2 is 2.04 bits per heavy atom. The van der Waals surface area contributed by atoms with E-state index in [9.17, 15) is 9.59 Å². The first-order chi connectivity index (χ1) is 11.7. The lowest BCUT2D eigenvalue weighted by atomic mass is 9.97. The van der Waals surface area contributed by atoms with E-state index in [1.54, 1.807) is 4.90 Å². The van der Waals surface area contributed by atoms with Gasteiger partial charge in [0.15, 0.2) is 11.5 Å². The molecule has 0 saturated carbocycles. The monoisotopic (exact) mass is 345 g/mol. The van der Waals surface area contributed by atoms with Gasteiger partial charge in [0.1, 0.15) is 12.1 Å². The molecule has 24 heavy (non-hydrogen) atoms. The lowest BCUT2D eigenvalue weighted by Crippen LogP contribution is -2.44. The van der Waals surface area contributed by atoms with Gasteiger partial charge in [0.25, 0.3) is 5.24 Å². The van der Waals surface area contributed by atoms with Gasteiger partial charge in [-0.1, -0.05) is 23.9 Å². The molecule has 4 rings (SSSR count). The van der Waals surface area contributed by atoms with E-state index in [4.69, 9.17) is 4.42 Å². The van der Waals surface area contributed by atoms with E-state index in [0.717, 1.165) is 35.6 Å². The van der Waals surface area contributed by atoms with E-state index in [-0.39, 0.29) is 23.6 Å². The second kappa shape index (κ2) is 6.47. The highest BCUT2D eigenvalue weighted by Crippen LogP contribution is 2.30. The molecule has 0 spiro atoms. The summed E-state index contributed by atoms with van der Waals surface area (Å²) in [6, 6.07) is 7.77. The van der Waals surface area contributed by atoms with Crippen LogP contribution in [0.2, 0.25) is 0 Å². The zero-order chi connectivity index (χ0) is 16.5. The Hall–Kier alpha value is -2.02. The number of hydrogen-bond acceptors (Lipinski definition) is 5. The molecule has 2 saturated heterocycles. The summed E-state index contributed by atoms with van der Waals surface area (Å²) in [7, 11) is 0. The number of rotatable bonds is 3. The fourth-order valence-electron chi connectivity index (χ4n) is 3.27. The number of aromatic nitrogens is 1.